The molecule has 3 atom stereocenters. The van der Waals surface area contributed by atoms with Crippen molar-refractivity contribution >= 4 is 50.8 Å². The van der Waals surface area contributed by atoms with Crippen LogP contribution in [0.2, 0.25) is 0 Å². The van der Waals surface area contributed by atoms with Gasteiger partial charge in [0.25, 0.3) is 5.91 Å². The van der Waals surface area contributed by atoms with Crippen LogP contribution in [0, 0.1) is 5.41 Å². The fourth-order valence-electron chi connectivity index (χ4n) is 6.50. The first kappa shape index (κ1) is 39.7. The third-order valence-corrected chi connectivity index (χ3v) is 11.9. The molecule has 0 aromatic heterocycles. The summed E-state index contributed by atoms with van der Waals surface area (Å²) in [4.78, 5) is 41.1. The Morgan fingerprint density at radius 1 is 0.961 bits per heavy atom. The van der Waals surface area contributed by atoms with Gasteiger partial charge in [-0.2, -0.15) is 0 Å². The second-order valence-electron chi connectivity index (χ2n) is 13.1. The molecule has 0 saturated carbocycles. The van der Waals surface area contributed by atoms with Gasteiger partial charge >= 0.3 is 5.97 Å². The predicted octanol–water partition coefficient (Wildman–Crippen LogP) is 5.89. The molecule has 0 radical (unpaired) electrons. The van der Waals surface area contributed by atoms with Crippen LogP contribution in [0.25, 0.3) is 0 Å². The molecule has 0 fully saturated rings. The molecule has 13 heteroatoms. The van der Waals surface area contributed by atoms with Crippen LogP contribution in [0.5, 0.6) is 5.75 Å². The average Bonchev–Trinajstić information content (AvgIpc) is 3.21. The number of aliphatic hydroxyl groups excluding tert-OH is 1. The summed E-state index contributed by atoms with van der Waals surface area (Å²) in [5.74, 6) is -2.76. The molecular formula is C38H49N3O8S2. The fourth-order valence-corrected chi connectivity index (χ4v) is 9.16. The van der Waals surface area contributed by atoms with Gasteiger partial charge in [-0.3, -0.25) is 9.59 Å². The fraction of sp³-hybridized carbons (Fsp3) is 0.447. The second-order valence-corrected chi connectivity index (χ2v) is 15.9. The number of anilines is 2. The van der Waals surface area contributed by atoms with Gasteiger partial charge in [0.2, 0.25) is 5.91 Å². The smallest absolute Gasteiger partial charge is 0.328 e. The van der Waals surface area contributed by atoms with Crippen LogP contribution in [0.15, 0.2) is 82.6 Å². The molecule has 1 aliphatic rings. The highest BCUT2D eigenvalue weighted by Crippen LogP contribution is 2.47. The molecule has 11 nitrogen and oxygen atoms in total. The number of rotatable bonds is 17. The third-order valence-electron chi connectivity index (χ3n) is 9.16. The van der Waals surface area contributed by atoms with E-state index >= 15 is 0 Å². The quantitative estimate of drug-likeness (QED) is 0.123. The zero-order valence-corrected chi connectivity index (χ0v) is 31.3. The predicted molar refractivity (Wildman–Crippen MR) is 199 cm³/mol. The molecule has 276 valence electrons. The molecule has 1 aliphatic heterocycles. The Morgan fingerprint density at radius 2 is 1.57 bits per heavy atom. The summed E-state index contributed by atoms with van der Waals surface area (Å²) in [5.41, 5.74) is 1.36. The van der Waals surface area contributed by atoms with Crippen LogP contribution in [0.3, 0.4) is 0 Å². The summed E-state index contributed by atoms with van der Waals surface area (Å²) >= 11 is 1.36. The Kier molecular flexibility index (Phi) is 14.0. The number of aliphatic hydroxyl groups is 1. The van der Waals surface area contributed by atoms with Crippen molar-refractivity contribution in [2.75, 3.05) is 30.1 Å². The average molecular weight is 740 g/mol. The number of nitrogens with one attached hydrogen (secondary N) is 2. The van der Waals surface area contributed by atoms with Crippen molar-refractivity contribution in [1.82, 2.24) is 10.6 Å². The minimum absolute atomic E-state index is 0.00741. The molecule has 3 aromatic rings. The van der Waals surface area contributed by atoms with Gasteiger partial charge in [-0.05, 0) is 49.8 Å². The van der Waals surface area contributed by atoms with E-state index in [4.69, 9.17) is 4.74 Å². The Balaban J connectivity index is 1.68. The minimum atomic E-state index is -3.82. The number of carbonyl (C=O) groups is 3. The van der Waals surface area contributed by atoms with Gasteiger partial charge in [-0.25, -0.2) is 13.2 Å². The molecule has 4 N–H and O–H groups in total. The van der Waals surface area contributed by atoms with E-state index in [0.29, 0.717) is 22.7 Å². The van der Waals surface area contributed by atoms with Crippen molar-refractivity contribution in [1.29, 1.82) is 0 Å². The van der Waals surface area contributed by atoms with Gasteiger partial charge < -0.3 is 30.5 Å². The van der Waals surface area contributed by atoms with Gasteiger partial charge in [-0.1, -0.05) is 88.1 Å². The third kappa shape index (κ3) is 10.0. The standard InChI is InChI=1S/C38H49N3O8S2/c1-5-7-19-38(20-8-6-2)24-41(28-17-13-10-14-18-28)29-21-31(50-4)30(22-32(29)51(47,48)25-38)49-23-33(43)39-35(27-15-11-9-12-16-27)36(44)40-34(26(3)42)37(45)46/h9-18,21-22,26,34-35,42H,5-8,19-20,23-25H2,1-4H3,(H,39,43)(H,40,44)(H,45,46). The van der Waals surface area contributed by atoms with Crippen LogP contribution >= 0.6 is 11.8 Å². The molecule has 0 aliphatic carbocycles. The van der Waals surface area contributed by atoms with E-state index in [0.717, 1.165) is 44.2 Å². The maximum atomic E-state index is 14.4. The lowest BCUT2D eigenvalue weighted by Crippen LogP contribution is -2.52. The molecule has 0 bridgehead atoms. The van der Waals surface area contributed by atoms with Crippen LogP contribution < -0.4 is 20.3 Å². The van der Waals surface area contributed by atoms with Crippen molar-refractivity contribution in [3.05, 3.63) is 78.4 Å². The van der Waals surface area contributed by atoms with Gasteiger partial charge in [0.05, 0.1) is 27.3 Å². The SMILES string of the molecule is CCCCC1(CCCC)CN(c2ccccc2)c2cc(SC)c(OCC(=O)NC(C(=O)NC(C(=O)O)C(C)O)c3ccccc3)cc2S(=O)(=O)C1. The number of hydrogen-bond donors (Lipinski definition) is 4. The van der Waals surface area contributed by atoms with E-state index in [-0.39, 0.29) is 16.4 Å². The van der Waals surface area contributed by atoms with Crippen LogP contribution in [0.1, 0.15) is 70.9 Å². The Morgan fingerprint density at radius 3 is 2.12 bits per heavy atom. The lowest BCUT2D eigenvalue weighted by Gasteiger charge is -2.37. The Labute approximate surface area is 305 Å². The normalized spacial score (nSPS) is 16.5. The first-order chi connectivity index (χ1) is 24.3. The topological polar surface area (TPSA) is 162 Å². The highest BCUT2D eigenvalue weighted by atomic mass is 32.2. The van der Waals surface area contributed by atoms with Gasteiger partial charge in [0.1, 0.15) is 11.8 Å². The van der Waals surface area contributed by atoms with E-state index < -0.39 is 57.8 Å². The summed E-state index contributed by atoms with van der Waals surface area (Å²) in [6.07, 6.45) is 5.74. The van der Waals surface area contributed by atoms with E-state index in [1.807, 2.05) is 42.7 Å². The molecule has 0 saturated heterocycles. The number of fused-ring (bicyclic) bond motifs is 1. The largest absolute Gasteiger partial charge is 0.483 e. The number of hydrogen-bond acceptors (Lipinski definition) is 9. The van der Waals surface area contributed by atoms with Gasteiger partial charge in [0, 0.05) is 23.7 Å². The molecule has 4 rings (SSSR count). The molecule has 3 aromatic carbocycles. The summed E-state index contributed by atoms with van der Waals surface area (Å²) in [6, 6.07) is 18.5. The number of sulfone groups is 1. The number of aliphatic carboxylic acids is 1. The number of carboxylic acid groups (broad SMARTS) is 1. The number of carboxylic acids is 1. The number of benzene rings is 3. The lowest BCUT2D eigenvalue weighted by molar-refractivity contribution is -0.145. The van der Waals surface area contributed by atoms with Crippen LogP contribution in [0.4, 0.5) is 11.4 Å². The molecule has 3 unspecified atom stereocenters. The van der Waals surface area contributed by atoms with Crippen molar-refractivity contribution in [2.45, 2.75) is 87.3 Å². The van der Waals surface area contributed by atoms with E-state index in [2.05, 4.69) is 29.4 Å². The highest BCUT2D eigenvalue weighted by molar-refractivity contribution is 7.98. The number of thioether (sulfide) groups is 1. The summed E-state index contributed by atoms with van der Waals surface area (Å²) < 4.78 is 34.8. The number of para-hydroxylation sites is 1. The zero-order valence-electron chi connectivity index (χ0n) is 29.6. The summed E-state index contributed by atoms with van der Waals surface area (Å²) in [7, 11) is -3.82. The maximum absolute atomic E-state index is 14.4. The first-order valence-corrected chi connectivity index (χ1v) is 20.2. The minimum Gasteiger partial charge on any atom is -0.483 e. The Hall–Kier alpha value is -4.07. The molecule has 2 amide bonds. The number of amides is 2. The lowest BCUT2D eigenvalue weighted by atomic mass is 9.79. The van der Waals surface area contributed by atoms with E-state index in [1.54, 1.807) is 30.3 Å². The highest BCUT2D eigenvalue weighted by Gasteiger charge is 2.42. The summed E-state index contributed by atoms with van der Waals surface area (Å²) in [6.45, 7) is 5.46. The first-order valence-electron chi connectivity index (χ1n) is 17.3. The number of ether oxygens (including phenoxy) is 1. The van der Waals surface area contributed by atoms with Crippen molar-refractivity contribution in [2.24, 2.45) is 5.41 Å². The molecule has 51 heavy (non-hydrogen) atoms. The van der Waals surface area contributed by atoms with Crippen LogP contribution in [-0.4, -0.2) is 73.7 Å². The second kappa shape index (κ2) is 17.9. The molecule has 1 heterocycles. The molecular weight excluding hydrogens is 691 g/mol. The van der Waals surface area contributed by atoms with Crippen LogP contribution in [-0.2, 0) is 24.2 Å². The van der Waals surface area contributed by atoms with Crippen molar-refractivity contribution < 1.29 is 37.8 Å². The van der Waals surface area contributed by atoms with Gasteiger partial charge in [0.15, 0.2) is 22.5 Å². The maximum Gasteiger partial charge on any atom is 0.328 e. The summed E-state index contributed by atoms with van der Waals surface area (Å²) in [5, 5.41) is 24.3. The van der Waals surface area contributed by atoms with Gasteiger partial charge in [-0.15, -0.1) is 11.8 Å². The van der Waals surface area contributed by atoms with E-state index in [9.17, 15) is 33.0 Å². The van der Waals surface area contributed by atoms with Crippen molar-refractivity contribution in [3.63, 3.8) is 0 Å². The number of nitrogens with zero attached hydrogens (tertiary/aromatic N) is 1. The Bertz CT molecular complexity index is 1750. The molecule has 0 spiro atoms. The number of unbranched alkanes of at least 4 members (excludes halogenated alkanes) is 2. The zero-order chi connectivity index (χ0) is 37.2. The number of carbonyl (C=O) groups excluding carboxylic acids is 2. The monoisotopic (exact) mass is 739 g/mol. The van der Waals surface area contributed by atoms with Crippen molar-refractivity contribution in [3.8, 4) is 5.75 Å². The van der Waals surface area contributed by atoms with E-state index in [1.165, 1.54) is 24.8 Å².